The molecule has 1 fully saturated rings. The van der Waals surface area contributed by atoms with Gasteiger partial charge in [0.05, 0.1) is 6.10 Å². The summed E-state index contributed by atoms with van der Waals surface area (Å²) in [6.07, 6.45) is 1.76. The lowest BCUT2D eigenvalue weighted by Crippen LogP contribution is -2.45. The first kappa shape index (κ1) is 15.8. The molecule has 116 valence electrons. The first-order valence-corrected chi connectivity index (χ1v) is 7.76. The number of nitrogens with zero attached hydrogens (tertiary/aromatic N) is 2. The third kappa shape index (κ3) is 4.74. The summed E-state index contributed by atoms with van der Waals surface area (Å²) in [4.78, 5) is 16.1. The first-order chi connectivity index (χ1) is 10.1. The lowest BCUT2D eigenvalue weighted by atomic mass is 10.0. The second-order valence-corrected chi connectivity index (χ2v) is 6.04. The molecule has 0 saturated carbocycles. The number of carbonyl (C=O) groups excluding carboxylic acids is 1. The van der Waals surface area contributed by atoms with Crippen LogP contribution in [0, 0.1) is 0 Å². The number of likely N-dealkylation sites (tertiary alicyclic amines) is 1. The summed E-state index contributed by atoms with van der Waals surface area (Å²) in [5, 5.41) is 0. The molecule has 1 amide bonds. The number of benzene rings is 1. The number of hydrogen-bond donors (Lipinski definition) is 0. The summed E-state index contributed by atoms with van der Waals surface area (Å²) < 4.78 is 5.26. The minimum Gasteiger partial charge on any atom is -0.447 e. The Hall–Kier alpha value is -1.55. The molecule has 1 aromatic carbocycles. The van der Waals surface area contributed by atoms with Crippen LogP contribution in [0.1, 0.15) is 32.3 Å². The molecular weight excluding hydrogens is 264 g/mol. The molecule has 4 nitrogen and oxygen atoms in total. The average molecular weight is 290 g/mol. The standard InChI is InChI=1S/C17H26N2O2/c1-14(2)21-17(20)18(3)16-9-11-19(12-10-16)13-15-7-5-4-6-8-15/h4-8,14,16H,9-13H2,1-3H3. The van der Waals surface area contributed by atoms with Crippen LogP contribution in [0.4, 0.5) is 4.79 Å². The number of rotatable bonds is 4. The summed E-state index contributed by atoms with van der Waals surface area (Å²) >= 11 is 0. The lowest BCUT2D eigenvalue weighted by Gasteiger charge is -2.36. The quantitative estimate of drug-likeness (QED) is 0.854. The Kier molecular flexibility index (Phi) is 5.62. The molecule has 2 rings (SSSR count). The van der Waals surface area contributed by atoms with Gasteiger partial charge in [-0.3, -0.25) is 4.90 Å². The van der Waals surface area contributed by atoms with E-state index < -0.39 is 0 Å². The molecule has 1 saturated heterocycles. The third-order valence-electron chi connectivity index (χ3n) is 3.98. The monoisotopic (exact) mass is 290 g/mol. The molecule has 1 aliphatic rings. The maximum atomic E-state index is 11.9. The lowest BCUT2D eigenvalue weighted by molar-refractivity contribution is 0.0572. The van der Waals surface area contributed by atoms with E-state index in [0.717, 1.165) is 32.5 Å². The topological polar surface area (TPSA) is 32.8 Å². The van der Waals surface area contributed by atoms with Crippen LogP contribution in [0.25, 0.3) is 0 Å². The highest BCUT2D eigenvalue weighted by atomic mass is 16.6. The molecular formula is C17H26N2O2. The normalized spacial score (nSPS) is 17.0. The molecule has 0 atom stereocenters. The van der Waals surface area contributed by atoms with Crippen LogP contribution in [0.2, 0.25) is 0 Å². The van der Waals surface area contributed by atoms with Crippen molar-refractivity contribution in [1.29, 1.82) is 0 Å². The first-order valence-electron chi connectivity index (χ1n) is 7.76. The molecule has 0 spiro atoms. The summed E-state index contributed by atoms with van der Waals surface area (Å²) in [6.45, 7) is 6.81. The molecule has 1 heterocycles. The van der Waals surface area contributed by atoms with E-state index in [9.17, 15) is 4.79 Å². The fourth-order valence-corrected chi connectivity index (χ4v) is 2.74. The number of ether oxygens (including phenoxy) is 1. The highest BCUT2D eigenvalue weighted by molar-refractivity contribution is 5.67. The van der Waals surface area contributed by atoms with Gasteiger partial charge in [0, 0.05) is 32.7 Å². The van der Waals surface area contributed by atoms with E-state index in [1.807, 2.05) is 27.0 Å². The van der Waals surface area contributed by atoms with E-state index in [-0.39, 0.29) is 12.2 Å². The van der Waals surface area contributed by atoms with Crippen molar-refractivity contribution in [3.8, 4) is 0 Å². The number of piperidine rings is 1. The highest BCUT2D eigenvalue weighted by Gasteiger charge is 2.26. The Morgan fingerprint density at radius 3 is 2.48 bits per heavy atom. The third-order valence-corrected chi connectivity index (χ3v) is 3.98. The van der Waals surface area contributed by atoms with Crippen LogP contribution in [0.3, 0.4) is 0 Å². The van der Waals surface area contributed by atoms with E-state index in [1.165, 1.54) is 5.56 Å². The fraction of sp³-hybridized carbons (Fsp3) is 0.588. The zero-order chi connectivity index (χ0) is 15.2. The molecule has 0 unspecified atom stereocenters. The summed E-state index contributed by atoms with van der Waals surface area (Å²) in [7, 11) is 1.85. The van der Waals surface area contributed by atoms with E-state index in [4.69, 9.17) is 4.74 Å². The molecule has 0 aliphatic carbocycles. The highest BCUT2D eigenvalue weighted by Crippen LogP contribution is 2.18. The van der Waals surface area contributed by atoms with Crippen molar-refractivity contribution in [1.82, 2.24) is 9.80 Å². The summed E-state index contributed by atoms with van der Waals surface area (Å²) in [5.41, 5.74) is 1.35. The van der Waals surface area contributed by atoms with E-state index in [2.05, 4.69) is 29.2 Å². The largest absolute Gasteiger partial charge is 0.447 e. The maximum Gasteiger partial charge on any atom is 0.410 e. The zero-order valence-corrected chi connectivity index (χ0v) is 13.3. The Balaban J connectivity index is 1.79. The Labute approximate surface area is 127 Å². The smallest absolute Gasteiger partial charge is 0.410 e. The van der Waals surface area contributed by atoms with Crippen molar-refractivity contribution >= 4 is 6.09 Å². The van der Waals surface area contributed by atoms with E-state index >= 15 is 0 Å². The van der Waals surface area contributed by atoms with E-state index in [0.29, 0.717) is 6.04 Å². The van der Waals surface area contributed by atoms with Crippen molar-refractivity contribution in [3.63, 3.8) is 0 Å². The van der Waals surface area contributed by atoms with Crippen molar-refractivity contribution in [3.05, 3.63) is 35.9 Å². The van der Waals surface area contributed by atoms with Gasteiger partial charge in [-0.05, 0) is 32.3 Å². The Bertz CT molecular complexity index is 439. The van der Waals surface area contributed by atoms with E-state index in [1.54, 1.807) is 4.90 Å². The molecule has 1 aromatic rings. The zero-order valence-electron chi connectivity index (χ0n) is 13.3. The van der Waals surface area contributed by atoms with Crippen LogP contribution in [-0.4, -0.2) is 48.2 Å². The molecule has 4 heteroatoms. The molecule has 0 bridgehead atoms. The predicted molar refractivity (Wildman–Crippen MR) is 84.1 cm³/mol. The van der Waals surface area contributed by atoms with Crippen LogP contribution >= 0.6 is 0 Å². The maximum absolute atomic E-state index is 11.9. The average Bonchev–Trinajstić information content (AvgIpc) is 2.47. The Morgan fingerprint density at radius 2 is 1.90 bits per heavy atom. The number of carbonyl (C=O) groups is 1. The van der Waals surface area contributed by atoms with Crippen LogP contribution in [0.15, 0.2) is 30.3 Å². The van der Waals surface area contributed by atoms with Gasteiger partial charge in [-0.25, -0.2) is 4.79 Å². The second-order valence-electron chi connectivity index (χ2n) is 6.04. The summed E-state index contributed by atoms with van der Waals surface area (Å²) in [6, 6.07) is 10.8. The van der Waals surface area contributed by atoms with Gasteiger partial charge in [-0.1, -0.05) is 30.3 Å². The molecule has 0 aromatic heterocycles. The van der Waals surface area contributed by atoms with Crippen molar-refractivity contribution in [2.45, 2.75) is 45.4 Å². The summed E-state index contributed by atoms with van der Waals surface area (Å²) in [5.74, 6) is 0. The molecule has 0 N–H and O–H groups in total. The predicted octanol–water partition coefficient (Wildman–Crippen LogP) is 3.13. The van der Waals surface area contributed by atoms with Gasteiger partial charge in [-0.15, -0.1) is 0 Å². The Morgan fingerprint density at radius 1 is 1.29 bits per heavy atom. The van der Waals surface area contributed by atoms with Gasteiger partial charge < -0.3 is 9.64 Å². The van der Waals surface area contributed by atoms with Gasteiger partial charge >= 0.3 is 6.09 Å². The van der Waals surface area contributed by atoms with Crippen molar-refractivity contribution in [2.24, 2.45) is 0 Å². The molecule has 0 radical (unpaired) electrons. The SMILES string of the molecule is CC(C)OC(=O)N(C)C1CCN(Cc2ccccc2)CC1. The number of hydrogen-bond acceptors (Lipinski definition) is 3. The van der Waals surface area contributed by atoms with Crippen LogP contribution < -0.4 is 0 Å². The molecule has 1 aliphatic heterocycles. The van der Waals surface area contributed by atoms with Gasteiger partial charge in [0.2, 0.25) is 0 Å². The second kappa shape index (κ2) is 7.46. The van der Waals surface area contributed by atoms with Crippen molar-refractivity contribution in [2.75, 3.05) is 20.1 Å². The fourth-order valence-electron chi connectivity index (χ4n) is 2.74. The van der Waals surface area contributed by atoms with Crippen LogP contribution in [0.5, 0.6) is 0 Å². The van der Waals surface area contributed by atoms with Gasteiger partial charge in [0.1, 0.15) is 0 Å². The number of amides is 1. The van der Waals surface area contributed by atoms with Gasteiger partial charge in [0.15, 0.2) is 0 Å². The van der Waals surface area contributed by atoms with Gasteiger partial charge in [-0.2, -0.15) is 0 Å². The van der Waals surface area contributed by atoms with Crippen molar-refractivity contribution < 1.29 is 9.53 Å². The minimum atomic E-state index is -0.202. The minimum absolute atomic E-state index is 0.0573. The van der Waals surface area contributed by atoms with Crippen LogP contribution in [-0.2, 0) is 11.3 Å². The van der Waals surface area contributed by atoms with Gasteiger partial charge in [0.25, 0.3) is 0 Å². The molecule has 21 heavy (non-hydrogen) atoms.